The van der Waals surface area contributed by atoms with E-state index in [1.54, 1.807) is 0 Å². The van der Waals surface area contributed by atoms with Crippen LogP contribution in [0.15, 0.2) is 0 Å². The van der Waals surface area contributed by atoms with Gasteiger partial charge in [-0.1, -0.05) is 6.92 Å². The predicted octanol–water partition coefficient (Wildman–Crippen LogP) is 0.777. The highest BCUT2D eigenvalue weighted by atomic mass is 15.2. The van der Waals surface area contributed by atoms with Gasteiger partial charge in [0.2, 0.25) is 0 Å². The highest BCUT2D eigenvalue weighted by molar-refractivity contribution is 4.70. The maximum atomic E-state index is 5.80. The molecule has 0 unspecified atom stereocenters. The van der Waals surface area contributed by atoms with Gasteiger partial charge >= 0.3 is 0 Å². The standard InChI is InChI=1S/C7H16N2/c1-2-7(8)9-5-3-4-6-9/h7H,2-6,8H2,1H3/t7-/m0/s1. The van der Waals surface area contributed by atoms with Crippen molar-refractivity contribution in [3.8, 4) is 0 Å². The van der Waals surface area contributed by atoms with Crippen molar-refractivity contribution in [3.63, 3.8) is 0 Å². The summed E-state index contributed by atoms with van der Waals surface area (Å²) in [5.74, 6) is 0. The van der Waals surface area contributed by atoms with E-state index in [0.717, 1.165) is 6.42 Å². The second kappa shape index (κ2) is 3.18. The Bertz CT molecular complexity index is 77.0. The maximum absolute atomic E-state index is 5.80. The van der Waals surface area contributed by atoms with Gasteiger partial charge in [0.25, 0.3) is 0 Å². The van der Waals surface area contributed by atoms with E-state index in [0.29, 0.717) is 6.17 Å². The third-order valence-electron chi connectivity index (χ3n) is 2.03. The summed E-state index contributed by atoms with van der Waals surface area (Å²) in [5.41, 5.74) is 5.80. The molecule has 54 valence electrons. The molecule has 0 saturated carbocycles. The molecule has 1 saturated heterocycles. The van der Waals surface area contributed by atoms with Crippen molar-refractivity contribution in [3.05, 3.63) is 0 Å². The summed E-state index contributed by atoms with van der Waals surface area (Å²) in [4.78, 5) is 2.36. The molecule has 1 atom stereocenters. The van der Waals surface area contributed by atoms with Crippen molar-refractivity contribution in [2.75, 3.05) is 13.1 Å². The zero-order chi connectivity index (χ0) is 6.69. The fraction of sp³-hybridized carbons (Fsp3) is 1.00. The van der Waals surface area contributed by atoms with Crippen LogP contribution >= 0.6 is 0 Å². The van der Waals surface area contributed by atoms with Gasteiger partial charge in [0.15, 0.2) is 0 Å². The SMILES string of the molecule is CC[C@@H](N)N1CCCC1. The Balaban J connectivity index is 2.24. The number of nitrogens with zero attached hydrogens (tertiary/aromatic N) is 1. The van der Waals surface area contributed by atoms with Crippen molar-refractivity contribution in [1.82, 2.24) is 4.90 Å². The molecule has 0 spiro atoms. The van der Waals surface area contributed by atoms with E-state index in [-0.39, 0.29) is 0 Å². The van der Waals surface area contributed by atoms with Crippen molar-refractivity contribution >= 4 is 0 Å². The number of hydrogen-bond donors (Lipinski definition) is 1. The van der Waals surface area contributed by atoms with Crippen molar-refractivity contribution in [2.24, 2.45) is 5.73 Å². The lowest BCUT2D eigenvalue weighted by molar-refractivity contribution is 0.242. The summed E-state index contributed by atoms with van der Waals surface area (Å²) in [6, 6.07) is 0. The van der Waals surface area contributed by atoms with Crippen LogP contribution in [-0.4, -0.2) is 24.2 Å². The molecule has 2 nitrogen and oxygen atoms in total. The van der Waals surface area contributed by atoms with Gasteiger partial charge in [0.05, 0.1) is 6.17 Å². The predicted molar refractivity (Wildman–Crippen MR) is 39.1 cm³/mol. The fourth-order valence-electron chi connectivity index (χ4n) is 1.33. The third-order valence-corrected chi connectivity index (χ3v) is 2.03. The van der Waals surface area contributed by atoms with E-state index in [4.69, 9.17) is 5.73 Å². The molecule has 0 bridgehead atoms. The number of likely N-dealkylation sites (tertiary alicyclic amines) is 1. The van der Waals surface area contributed by atoms with E-state index in [1.165, 1.54) is 25.9 Å². The first-order valence-electron chi connectivity index (χ1n) is 3.84. The minimum Gasteiger partial charge on any atom is -0.316 e. The Morgan fingerprint density at radius 1 is 1.44 bits per heavy atom. The molecule has 9 heavy (non-hydrogen) atoms. The molecule has 1 rings (SSSR count). The average Bonchev–Trinajstić information content (AvgIpc) is 2.37. The second-order valence-electron chi connectivity index (χ2n) is 2.72. The van der Waals surface area contributed by atoms with Crippen LogP contribution in [0.1, 0.15) is 26.2 Å². The normalized spacial score (nSPS) is 24.7. The average molecular weight is 128 g/mol. The van der Waals surface area contributed by atoms with E-state index < -0.39 is 0 Å². The van der Waals surface area contributed by atoms with Crippen LogP contribution in [0, 0.1) is 0 Å². The van der Waals surface area contributed by atoms with Gasteiger partial charge in [0.1, 0.15) is 0 Å². The summed E-state index contributed by atoms with van der Waals surface area (Å²) in [5, 5.41) is 0. The molecule has 0 aliphatic carbocycles. The monoisotopic (exact) mass is 128 g/mol. The molecular weight excluding hydrogens is 112 g/mol. The summed E-state index contributed by atoms with van der Waals surface area (Å²) in [6.45, 7) is 4.58. The molecule has 1 aliphatic heterocycles. The Morgan fingerprint density at radius 2 is 2.00 bits per heavy atom. The topological polar surface area (TPSA) is 29.3 Å². The second-order valence-corrected chi connectivity index (χ2v) is 2.72. The largest absolute Gasteiger partial charge is 0.316 e. The van der Waals surface area contributed by atoms with E-state index in [2.05, 4.69) is 11.8 Å². The lowest BCUT2D eigenvalue weighted by Gasteiger charge is -2.21. The first-order valence-corrected chi connectivity index (χ1v) is 3.84. The summed E-state index contributed by atoms with van der Waals surface area (Å²) in [6.07, 6.45) is 4.09. The van der Waals surface area contributed by atoms with E-state index >= 15 is 0 Å². The Kier molecular flexibility index (Phi) is 2.49. The maximum Gasteiger partial charge on any atom is 0.0569 e. The molecule has 2 heteroatoms. The molecular formula is C7H16N2. The van der Waals surface area contributed by atoms with Crippen LogP contribution in [0.2, 0.25) is 0 Å². The molecule has 0 radical (unpaired) electrons. The minimum absolute atomic E-state index is 0.326. The van der Waals surface area contributed by atoms with Crippen LogP contribution in [0.4, 0.5) is 0 Å². The molecule has 0 aromatic rings. The van der Waals surface area contributed by atoms with Crippen molar-refractivity contribution in [2.45, 2.75) is 32.4 Å². The molecule has 1 heterocycles. The van der Waals surface area contributed by atoms with Crippen LogP contribution in [0.3, 0.4) is 0 Å². The summed E-state index contributed by atoms with van der Waals surface area (Å²) >= 11 is 0. The van der Waals surface area contributed by atoms with Gasteiger partial charge in [-0.2, -0.15) is 0 Å². The highest BCUT2D eigenvalue weighted by Crippen LogP contribution is 2.09. The first-order chi connectivity index (χ1) is 4.34. The molecule has 0 aromatic carbocycles. The van der Waals surface area contributed by atoms with Crippen molar-refractivity contribution in [1.29, 1.82) is 0 Å². The smallest absolute Gasteiger partial charge is 0.0569 e. The van der Waals surface area contributed by atoms with Gasteiger partial charge in [-0.05, 0) is 32.4 Å². The van der Waals surface area contributed by atoms with Crippen LogP contribution in [0.25, 0.3) is 0 Å². The molecule has 0 aromatic heterocycles. The number of nitrogens with two attached hydrogens (primary N) is 1. The molecule has 1 aliphatic rings. The molecule has 0 amide bonds. The van der Waals surface area contributed by atoms with Gasteiger partial charge < -0.3 is 5.73 Å². The third kappa shape index (κ3) is 1.66. The molecule has 2 N–H and O–H groups in total. The quantitative estimate of drug-likeness (QED) is 0.595. The number of rotatable bonds is 2. The zero-order valence-corrected chi connectivity index (χ0v) is 6.14. The lowest BCUT2D eigenvalue weighted by atomic mass is 10.3. The minimum atomic E-state index is 0.326. The Labute approximate surface area is 57.0 Å². The fourth-order valence-corrected chi connectivity index (χ4v) is 1.33. The van der Waals surface area contributed by atoms with Gasteiger partial charge in [-0.3, -0.25) is 4.90 Å². The zero-order valence-electron chi connectivity index (χ0n) is 6.14. The van der Waals surface area contributed by atoms with E-state index in [9.17, 15) is 0 Å². The van der Waals surface area contributed by atoms with Gasteiger partial charge in [-0.15, -0.1) is 0 Å². The van der Waals surface area contributed by atoms with Crippen LogP contribution in [0.5, 0.6) is 0 Å². The van der Waals surface area contributed by atoms with Crippen LogP contribution in [-0.2, 0) is 0 Å². The number of hydrogen-bond acceptors (Lipinski definition) is 2. The summed E-state index contributed by atoms with van der Waals surface area (Å²) < 4.78 is 0. The van der Waals surface area contributed by atoms with E-state index in [1.807, 2.05) is 0 Å². The Hall–Kier alpha value is -0.0800. The van der Waals surface area contributed by atoms with Gasteiger partial charge in [-0.25, -0.2) is 0 Å². The van der Waals surface area contributed by atoms with Crippen LogP contribution < -0.4 is 5.73 Å². The highest BCUT2D eigenvalue weighted by Gasteiger charge is 2.15. The van der Waals surface area contributed by atoms with Gasteiger partial charge in [0, 0.05) is 0 Å². The summed E-state index contributed by atoms with van der Waals surface area (Å²) in [7, 11) is 0. The molecule has 1 fully saturated rings. The van der Waals surface area contributed by atoms with Crippen molar-refractivity contribution < 1.29 is 0 Å². The lowest BCUT2D eigenvalue weighted by Crippen LogP contribution is -2.39. The first kappa shape index (κ1) is 7.03. The Morgan fingerprint density at radius 3 is 2.44 bits per heavy atom.